The average Bonchev–Trinajstić information content (AvgIpc) is 3.17. The van der Waals surface area contributed by atoms with Crippen LogP contribution in [0.4, 0.5) is 14.5 Å². The van der Waals surface area contributed by atoms with E-state index in [0.717, 1.165) is 58.6 Å². The minimum atomic E-state index is -2.86. The van der Waals surface area contributed by atoms with Crippen molar-refractivity contribution >= 4 is 28.5 Å². The highest BCUT2D eigenvalue weighted by atomic mass is 19.3. The Kier molecular flexibility index (Phi) is 10.8. The van der Waals surface area contributed by atoms with Crippen molar-refractivity contribution in [2.75, 3.05) is 5.32 Å². The van der Waals surface area contributed by atoms with Gasteiger partial charge in [0.15, 0.2) is 5.78 Å². The highest BCUT2D eigenvalue weighted by Crippen LogP contribution is 2.32. The van der Waals surface area contributed by atoms with Crippen LogP contribution in [0.2, 0.25) is 0 Å². The topological polar surface area (TPSA) is 74.5 Å². The number of rotatable bonds is 14. The molecule has 1 unspecified atom stereocenters. The summed E-state index contributed by atoms with van der Waals surface area (Å²) < 4.78 is 29.4. The highest BCUT2D eigenvalue weighted by Gasteiger charge is 2.21. The molecule has 0 aromatic heterocycles. The number of carbonyl (C=O) groups is 1. The molecule has 0 fully saturated rings. The number of ketones is 1. The number of Topliss-reactive ketones (excluding diaryl/α,β-unsaturated/α-hetero) is 1. The molecule has 2 N–H and O–H groups in total. The molecule has 42 heavy (non-hydrogen) atoms. The van der Waals surface area contributed by atoms with Crippen LogP contribution in [-0.4, -0.2) is 23.8 Å². The maximum absolute atomic E-state index is 13.0. The van der Waals surface area contributed by atoms with Crippen LogP contribution >= 0.6 is 0 Å². The zero-order valence-corrected chi connectivity index (χ0v) is 24.6. The SMILES string of the molecule is CCCC(CC)CCC(=N)CC(=O)c1ccc(NC2=CC=CC=C3CC(c4ccc(OC(F)F)cc4)=CN=C32)cc1C. The first-order valence-electron chi connectivity index (χ1n) is 14.6. The molecular formula is C35H39F2N3O2. The summed E-state index contributed by atoms with van der Waals surface area (Å²) in [7, 11) is 0. The minimum absolute atomic E-state index is 0.0162. The number of nitrogens with zero attached hydrogens (tertiary/aromatic N) is 1. The van der Waals surface area contributed by atoms with Gasteiger partial charge in [0.25, 0.3) is 0 Å². The van der Waals surface area contributed by atoms with E-state index in [1.54, 1.807) is 12.1 Å². The third kappa shape index (κ3) is 8.21. The molecule has 1 aliphatic heterocycles. The highest BCUT2D eigenvalue weighted by molar-refractivity contribution is 6.17. The van der Waals surface area contributed by atoms with Gasteiger partial charge in [-0.15, -0.1) is 0 Å². The quantitative estimate of drug-likeness (QED) is 0.175. The molecule has 2 aromatic rings. The van der Waals surface area contributed by atoms with Crippen molar-refractivity contribution in [1.29, 1.82) is 5.41 Å². The fraction of sp³-hybridized carbons (Fsp3) is 0.343. The lowest BCUT2D eigenvalue weighted by Crippen LogP contribution is -2.16. The molecule has 220 valence electrons. The number of alkyl halides is 2. The minimum Gasteiger partial charge on any atom is -0.435 e. The predicted molar refractivity (Wildman–Crippen MR) is 168 cm³/mol. The normalized spacial score (nSPS) is 15.1. The van der Waals surface area contributed by atoms with Gasteiger partial charge in [0.05, 0.1) is 11.4 Å². The summed E-state index contributed by atoms with van der Waals surface area (Å²) in [6.45, 7) is 3.45. The van der Waals surface area contributed by atoms with Gasteiger partial charge in [-0.2, -0.15) is 8.78 Å². The molecule has 1 atom stereocenters. The van der Waals surface area contributed by atoms with E-state index in [1.807, 2.05) is 55.6 Å². The number of halogens is 2. The Bertz CT molecular complexity index is 1450. The fourth-order valence-electron chi connectivity index (χ4n) is 5.40. The molecule has 7 heteroatoms. The van der Waals surface area contributed by atoms with E-state index in [9.17, 15) is 13.6 Å². The first kappa shape index (κ1) is 30.8. The second-order valence-corrected chi connectivity index (χ2v) is 10.8. The lowest BCUT2D eigenvalue weighted by molar-refractivity contribution is -0.0498. The second-order valence-electron chi connectivity index (χ2n) is 10.8. The predicted octanol–water partition coefficient (Wildman–Crippen LogP) is 9.47. The number of hydrogen-bond donors (Lipinski definition) is 2. The first-order valence-corrected chi connectivity index (χ1v) is 14.6. The van der Waals surface area contributed by atoms with Gasteiger partial charge in [-0.1, -0.05) is 63.5 Å². The Balaban J connectivity index is 1.42. The van der Waals surface area contributed by atoms with Crippen molar-refractivity contribution in [2.24, 2.45) is 10.9 Å². The van der Waals surface area contributed by atoms with Crippen molar-refractivity contribution in [3.8, 4) is 5.75 Å². The molecule has 1 heterocycles. The van der Waals surface area contributed by atoms with Crippen molar-refractivity contribution in [3.63, 3.8) is 0 Å². The Morgan fingerprint density at radius 1 is 1.05 bits per heavy atom. The molecule has 0 amide bonds. The number of aryl methyl sites for hydroxylation is 1. The summed E-state index contributed by atoms with van der Waals surface area (Å²) in [5.41, 5.74) is 7.41. The number of fused-ring (bicyclic) bond motifs is 1. The smallest absolute Gasteiger partial charge is 0.387 e. The molecule has 0 saturated heterocycles. The van der Waals surface area contributed by atoms with Gasteiger partial charge >= 0.3 is 6.61 Å². The summed E-state index contributed by atoms with van der Waals surface area (Å²) in [4.78, 5) is 17.8. The van der Waals surface area contributed by atoms with Gasteiger partial charge < -0.3 is 15.5 Å². The van der Waals surface area contributed by atoms with Crippen LogP contribution in [-0.2, 0) is 0 Å². The monoisotopic (exact) mass is 571 g/mol. The zero-order valence-electron chi connectivity index (χ0n) is 24.6. The van der Waals surface area contributed by atoms with Crippen LogP contribution < -0.4 is 10.1 Å². The Morgan fingerprint density at radius 2 is 1.81 bits per heavy atom. The second kappa shape index (κ2) is 14.7. The van der Waals surface area contributed by atoms with Crippen LogP contribution in [0.25, 0.3) is 5.57 Å². The van der Waals surface area contributed by atoms with Crippen LogP contribution in [0.3, 0.4) is 0 Å². The number of anilines is 1. The fourth-order valence-corrected chi connectivity index (χ4v) is 5.40. The van der Waals surface area contributed by atoms with Gasteiger partial charge in [0.2, 0.25) is 0 Å². The van der Waals surface area contributed by atoms with Crippen LogP contribution in [0, 0.1) is 18.3 Å². The summed E-state index contributed by atoms with van der Waals surface area (Å²) >= 11 is 0. The van der Waals surface area contributed by atoms with Crippen molar-refractivity contribution in [2.45, 2.75) is 72.3 Å². The number of allylic oxidation sites excluding steroid dienone is 6. The lowest BCUT2D eigenvalue weighted by atomic mass is 9.92. The molecule has 2 aliphatic rings. The maximum Gasteiger partial charge on any atom is 0.387 e. The van der Waals surface area contributed by atoms with Crippen molar-refractivity contribution in [1.82, 2.24) is 0 Å². The van der Waals surface area contributed by atoms with Crippen LogP contribution in [0.1, 0.15) is 80.3 Å². The number of nitrogens with one attached hydrogen (secondary N) is 2. The molecule has 4 rings (SSSR count). The van der Waals surface area contributed by atoms with Crippen molar-refractivity contribution < 1.29 is 18.3 Å². The number of aliphatic imine (C=N–C) groups is 1. The molecular weight excluding hydrogens is 532 g/mol. The third-order valence-corrected chi connectivity index (χ3v) is 7.72. The molecule has 2 aromatic carbocycles. The van der Waals surface area contributed by atoms with Crippen molar-refractivity contribution in [3.05, 3.63) is 101 Å². The van der Waals surface area contributed by atoms with Gasteiger partial charge in [-0.05, 0) is 84.4 Å². The van der Waals surface area contributed by atoms with Gasteiger partial charge in [-0.25, -0.2) is 0 Å². The van der Waals surface area contributed by atoms with Crippen LogP contribution in [0.15, 0.2) is 89.2 Å². The molecule has 0 radical (unpaired) electrons. The molecule has 0 saturated carbocycles. The lowest BCUT2D eigenvalue weighted by Gasteiger charge is -2.20. The Morgan fingerprint density at radius 3 is 2.50 bits per heavy atom. The maximum atomic E-state index is 13.0. The van der Waals surface area contributed by atoms with Gasteiger partial charge in [-0.3, -0.25) is 9.79 Å². The van der Waals surface area contributed by atoms with E-state index < -0.39 is 6.61 Å². The van der Waals surface area contributed by atoms with Crippen LogP contribution in [0.5, 0.6) is 5.75 Å². The van der Waals surface area contributed by atoms with E-state index in [2.05, 4.69) is 23.9 Å². The summed E-state index contributed by atoms with van der Waals surface area (Å²) in [6, 6.07) is 12.3. The standard InChI is InChI=1S/C35H39F2N3O2/c1-4-8-24(5-2)11-14-28(38)21-33(41)31-18-15-29(19-23(31)3)40-32-10-7-6-9-26-20-27(22-39-34(26)32)25-12-16-30(17-13-25)42-35(36)37/h6-7,9-10,12-13,15-19,22,24,35,38,40H,4-5,8,11,14,20-21H2,1-3H3. The average molecular weight is 572 g/mol. The number of benzene rings is 2. The number of carbonyl (C=O) groups excluding carboxylic acids is 1. The van der Waals surface area contributed by atoms with E-state index in [-0.39, 0.29) is 18.0 Å². The Labute approximate surface area is 247 Å². The molecule has 0 bridgehead atoms. The third-order valence-electron chi connectivity index (χ3n) is 7.72. The molecule has 1 aliphatic carbocycles. The molecule has 5 nitrogen and oxygen atoms in total. The summed E-state index contributed by atoms with van der Waals surface area (Å²) in [5.74, 6) is 0.727. The zero-order chi connectivity index (χ0) is 30.1. The summed E-state index contributed by atoms with van der Waals surface area (Å²) in [5, 5.41) is 11.8. The van der Waals surface area contributed by atoms with E-state index in [0.29, 0.717) is 30.0 Å². The Hall–Kier alpha value is -4.13. The van der Waals surface area contributed by atoms with E-state index in [4.69, 9.17) is 10.4 Å². The number of ether oxygens (including phenoxy) is 1. The number of hydrogen-bond acceptors (Lipinski definition) is 5. The largest absolute Gasteiger partial charge is 0.435 e. The van der Waals surface area contributed by atoms with Gasteiger partial charge in [0.1, 0.15) is 5.75 Å². The van der Waals surface area contributed by atoms with Gasteiger partial charge in [0, 0.05) is 36.0 Å². The molecule has 0 spiro atoms. The first-order chi connectivity index (χ1) is 20.3. The summed E-state index contributed by atoms with van der Waals surface area (Å²) in [6.07, 6.45) is 15.6. The van der Waals surface area contributed by atoms with E-state index in [1.165, 1.54) is 18.6 Å². The van der Waals surface area contributed by atoms with E-state index >= 15 is 0 Å².